The van der Waals surface area contributed by atoms with Crippen LogP contribution in [0.2, 0.25) is 0 Å². The van der Waals surface area contributed by atoms with Crippen molar-refractivity contribution in [3.05, 3.63) is 105 Å². The van der Waals surface area contributed by atoms with Crippen LogP contribution in [0, 0.1) is 0 Å². The van der Waals surface area contributed by atoms with Gasteiger partial charge in [-0.25, -0.2) is 4.79 Å². The van der Waals surface area contributed by atoms with Crippen molar-refractivity contribution in [2.24, 2.45) is 0 Å². The van der Waals surface area contributed by atoms with Gasteiger partial charge in [0.2, 0.25) is 0 Å². The Kier molecular flexibility index (Phi) is 16.3. The Morgan fingerprint density at radius 3 is 1.47 bits per heavy atom. The fourth-order valence-electron chi connectivity index (χ4n) is 4.53. The molecule has 43 heavy (non-hydrogen) atoms. The zero-order chi connectivity index (χ0) is 31.6. The molecule has 0 aliphatic rings. The van der Waals surface area contributed by atoms with Gasteiger partial charge in [-0.15, -0.1) is 0 Å². The van der Waals surface area contributed by atoms with Crippen LogP contribution in [0.1, 0.15) is 107 Å². The van der Waals surface area contributed by atoms with Crippen LogP contribution in [0.4, 0.5) is 0 Å². The van der Waals surface area contributed by atoms with Crippen molar-refractivity contribution < 1.29 is 13.9 Å². The first kappa shape index (κ1) is 35.7. The average Bonchev–Trinajstić information content (AvgIpc) is 2.93. The summed E-state index contributed by atoms with van der Waals surface area (Å²) in [6.45, 7) is 18.2. The number of rotatable bonds is 18. The van der Waals surface area contributed by atoms with E-state index in [1.807, 2.05) is 6.07 Å². The van der Waals surface area contributed by atoms with Gasteiger partial charge < -0.3 is 13.9 Å². The predicted octanol–water partition coefficient (Wildman–Crippen LogP) is 11.4. The lowest BCUT2D eigenvalue weighted by atomic mass is 10.1. The van der Waals surface area contributed by atoms with E-state index in [2.05, 4.69) is 91.8 Å². The van der Waals surface area contributed by atoms with Gasteiger partial charge in [0.25, 0.3) is 0 Å². The first-order valence-electron chi connectivity index (χ1n) is 15.8. The highest BCUT2D eigenvalue weighted by molar-refractivity contribution is 5.80. The van der Waals surface area contributed by atoms with Crippen LogP contribution in [-0.2, 0) is 0 Å². The highest BCUT2D eigenvalue weighted by atomic mass is 16.5. The van der Waals surface area contributed by atoms with Gasteiger partial charge >= 0.3 is 5.63 Å². The van der Waals surface area contributed by atoms with Crippen LogP contribution >= 0.6 is 0 Å². The molecule has 2 rings (SSSR count). The van der Waals surface area contributed by atoms with Crippen molar-refractivity contribution in [2.75, 3.05) is 13.2 Å². The Morgan fingerprint density at radius 1 is 0.581 bits per heavy atom. The third-order valence-electron chi connectivity index (χ3n) is 7.27. The average molecular weight is 587 g/mol. The molecule has 2 aromatic rings. The van der Waals surface area contributed by atoms with Gasteiger partial charge in [-0.2, -0.15) is 0 Å². The van der Waals surface area contributed by atoms with Crippen LogP contribution in [0.5, 0.6) is 11.5 Å². The molecule has 1 aromatic carbocycles. The molecule has 4 nitrogen and oxygen atoms in total. The molecule has 0 unspecified atom stereocenters. The second-order valence-electron chi connectivity index (χ2n) is 12.1. The summed E-state index contributed by atoms with van der Waals surface area (Å²) in [5.41, 5.74) is 8.31. The molecule has 0 spiro atoms. The summed E-state index contributed by atoms with van der Waals surface area (Å²) in [7, 11) is 0. The maximum absolute atomic E-state index is 11.8. The lowest BCUT2D eigenvalue weighted by Gasteiger charge is -2.13. The second-order valence-corrected chi connectivity index (χ2v) is 12.1. The largest absolute Gasteiger partial charge is 0.486 e. The van der Waals surface area contributed by atoms with Crippen molar-refractivity contribution in [1.29, 1.82) is 0 Å². The van der Waals surface area contributed by atoms with Crippen LogP contribution in [0.25, 0.3) is 11.0 Å². The lowest BCUT2D eigenvalue weighted by molar-refractivity contribution is 0.307. The van der Waals surface area contributed by atoms with E-state index in [-0.39, 0.29) is 5.63 Å². The molecule has 4 heteroatoms. The Bertz CT molecular complexity index is 1400. The summed E-state index contributed by atoms with van der Waals surface area (Å²) in [4.78, 5) is 11.8. The van der Waals surface area contributed by atoms with Gasteiger partial charge in [-0.05, 0) is 131 Å². The van der Waals surface area contributed by atoms with E-state index in [1.54, 1.807) is 12.1 Å². The highest BCUT2D eigenvalue weighted by Crippen LogP contribution is 2.32. The number of allylic oxidation sites excluding steroid dienone is 10. The first-order chi connectivity index (χ1) is 20.5. The Morgan fingerprint density at radius 2 is 1.00 bits per heavy atom. The molecule has 0 bridgehead atoms. The van der Waals surface area contributed by atoms with E-state index in [0.29, 0.717) is 30.3 Å². The number of hydrogen-bond donors (Lipinski definition) is 0. The fourth-order valence-corrected chi connectivity index (χ4v) is 4.53. The van der Waals surface area contributed by atoms with E-state index in [1.165, 1.54) is 39.5 Å². The Hall–Kier alpha value is -3.53. The van der Waals surface area contributed by atoms with Gasteiger partial charge in [0, 0.05) is 17.5 Å². The standard InChI is InChI=1S/C39H54O4/c1-29(2)13-9-15-31(5)17-11-19-33(7)23-25-41-37-27-35-21-22-39(40)43-36(35)28-38(37)42-26-24-34(8)20-12-18-32(6)16-10-14-30(3)4/h13-14,17-18,21-24,27-28H,9-12,15-16,19-20,25-26H2,1-8H3/b31-17+,32-18+,33-23+,34-24+. The predicted molar refractivity (Wildman–Crippen MR) is 184 cm³/mol. The number of benzene rings is 1. The molecule has 0 amide bonds. The third kappa shape index (κ3) is 15.5. The van der Waals surface area contributed by atoms with E-state index in [9.17, 15) is 4.79 Å². The van der Waals surface area contributed by atoms with Crippen LogP contribution in [0.3, 0.4) is 0 Å². The minimum Gasteiger partial charge on any atom is -0.486 e. The summed E-state index contributed by atoms with van der Waals surface area (Å²) in [5, 5.41) is 0.801. The number of fused-ring (bicyclic) bond motifs is 1. The molecule has 234 valence electrons. The number of hydrogen-bond acceptors (Lipinski definition) is 4. The molecule has 1 heterocycles. The summed E-state index contributed by atoms with van der Waals surface area (Å²) in [5.74, 6) is 1.21. The zero-order valence-corrected chi connectivity index (χ0v) is 28.0. The molecule has 0 fully saturated rings. The van der Waals surface area contributed by atoms with E-state index < -0.39 is 0 Å². The Balaban J connectivity index is 1.97. The monoisotopic (exact) mass is 586 g/mol. The maximum atomic E-state index is 11.8. The fraction of sp³-hybridized carbons (Fsp3) is 0.462. The van der Waals surface area contributed by atoms with E-state index >= 15 is 0 Å². The van der Waals surface area contributed by atoms with Crippen molar-refractivity contribution in [1.82, 2.24) is 0 Å². The summed E-state index contributed by atoms with van der Waals surface area (Å²) >= 11 is 0. The molecule has 0 N–H and O–H groups in total. The van der Waals surface area contributed by atoms with Gasteiger partial charge in [0.15, 0.2) is 11.5 Å². The molecule has 0 aliphatic carbocycles. The normalized spacial score (nSPS) is 12.8. The molecule has 0 atom stereocenters. The minimum atomic E-state index is -0.383. The smallest absolute Gasteiger partial charge is 0.336 e. The lowest BCUT2D eigenvalue weighted by Crippen LogP contribution is -2.02. The Labute approximate surface area is 260 Å². The minimum absolute atomic E-state index is 0.383. The highest BCUT2D eigenvalue weighted by Gasteiger charge is 2.10. The van der Waals surface area contributed by atoms with Crippen LogP contribution in [0.15, 0.2) is 103 Å². The van der Waals surface area contributed by atoms with Crippen LogP contribution < -0.4 is 15.1 Å². The SMILES string of the molecule is CC(C)=CCC/C(C)=C/CC/C(C)=C/COc1cc2ccc(=O)oc2cc1OC/C=C(\C)CC/C=C(\C)CCC=C(C)C. The second kappa shape index (κ2) is 19.6. The molecule has 0 aliphatic heterocycles. The molecule has 1 aromatic heterocycles. The zero-order valence-electron chi connectivity index (χ0n) is 28.0. The summed E-state index contributed by atoms with van der Waals surface area (Å²) in [6.07, 6.45) is 22.0. The van der Waals surface area contributed by atoms with E-state index in [0.717, 1.165) is 56.8 Å². The molecular weight excluding hydrogens is 532 g/mol. The molecule has 0 radical (unpaired) electrons. The molecule has 0 saturated heterocycles. The van der Waals surface area contributed by atoms with E-state index in [4.69, 9.17) is 13.9 Å². The topological polar surface area (TPSA) is 48.7 Å². The first-order valence-corrected chi connectivity index (χ1v) is 15.8. The van der Waals surface area contributed by atoms with Gasteiger partial charge in [-0.3, -0.25) is 0 Å². The third-order valence-corrected chi connectivity index (χ3v) is 7.27. The van der Waals surface area contributed by atoms with Crippen molar-refractivity contribution in [2.45, 2.75) is 107 Å². The summed E-state index contributed by atoms with van der Waals surface area (Å²) < 4.78 is 17.7. The van der Waals surface area contributed by atoms with Crippen molar-refractivity contribution >= 4 is 11.0 Å². The molecular formula is C39H54O4. The van der Waals surface area contributed by atoms with Crippen LogP contribution in [-0.4, -0.2) is 13.2 Å². The summed E-state index contributed by atoms with van der Waals surface area (Å²) in [6, 6.07) is 6.82. The van der Waals surface area contributed by atoms with Gasteiger partial charge in [-0.1, -0.05) is 57.7 Å². The quantitative estimate of drug-likeness (QED) is 0.129. The maximum Gasteiger partial charge on any atom is 0.336 e. The number of ether oxygens (including phenoxy) is 2. The van der Waals surface area contributed by atoms with Gasteiger partial charge in [0.05, 0.1) is 0 Å². The van der Waals surface area contributed by atoms with Gasteiger partial charge in [0.1, 0.15) is 18.8 Å². The van der Waals surface area contributed by atoms with Crippen molar-refractivity contribution in [3.8, 4) is 11.5 Å². The van der Waals surface area contributed by atoms with Crippen molar-refractivity contribution in [3.63, 3.8) is 0 Å². The molecule has 0 saturated carbocycles.